The van der Waals surface area contributed by atoms with Gasteiger partial charge in [0.15, 0.2) is 0 Å². The van der Waals surface area contributed by atoms with Gasteiger partial charge in [0, 0.05) is 57.9 Å². The molecule has 3 heterocycles. The van der Waals surface area contributed by atoms with Gasteiger partial charge in [-0.15, -0.1) is 0 Å². The second kappa shape index (κ2) is 12.6. The van der Waals surface area contributed by atoms with E-state index in [-0.39, 0.29) is 5.56 Å². The smallest absolute Gasteiger partial charge is 0.260 e. The first-order valence-electron chi connectivity index (χ1n) is 13.9. The third kappa shape index (κ3) is 6.29. The predicted octanol–water partition coefficient (Wildman–Crippen LogP) is 6.53. The molecule has 8 nitrogen and oxygen atoms in total. The second-order valence-corrected chi connectivity index (χ2v) is 10.5. The van der Waals surface area contributed by atoms with E-state index in [0.29, 0.717) is 34.3 Å². The molecule has 5 aromatic rings. The summed E-state index contributed by atoms with van der Waals surface area (Å²) in [6.07, 6.45) is 7.21. The van der Waals surface area contributed by atoms with Crippen LogP contribution < -0.4 is 10.9 Å². The molecular weight excluding hydrogens is 534 g/mol. The zero-order valence-corrected chi connectivity index (χ0v) is 24.6. The Morgan fingerprint density at radius 2 is 1.76 bits per heavy atom. The minimum atomic E-state index is -0.159. The Labute approximate surface area is 245 Å². The molecule has 5 rings (SSSR count). The van der Waals surface area contributed by atoms with Crippen molar-refractivity contribution in [1.82, 2.24) is 29.4 Å². The second-order valence-electron chi connectivity index (χ2n) is 10.1. The van der Waals surface area contributed by atoms with E-state index in [1.807, 2.05) is 50.2 Å². The normalized spacial score (nSPS) is 11.4. The van der Waals surface area contributed by atoms with E-state index in [9.17, 15) is 4.79 Å². The Balaban J connectivity index is 1.40. The zero-order valence-electron chi connectivity index (χ0n) is 23.9. The molecule has 9 heteroatoms. The number of pyridine rings is 1. The highest BCUT2D eigenvalue weighted by Gasteiger charge is 2.16. The van der Waals surface area contributed by atoms with Crippen molar-refractivity contribution in [3.05, 3.63) is 93.8 Å². The minimum absolute atomic E-state index is 0.159. The molecule has 0 atom stereocenters. The molecule has 0 unspecified atom stereocenters. The van der Waals surface area contributed by atoms with Gasteiger partial charge in [-0.1, -0.05) is 42.8 Å². The van der Waals surface area contributed by atoms with Gasteiger partial charge in [0.25, 0.3) is 5.56 Å². The molecule has 1 N–H and O–H groups in total. The summed E-state index contributed by atoms with van der Waals surface area (Å²) in [6.45, 7) is 8.61. The molecule has 41 heavy (non-hydrogen) atoms. The third-order valence-electron chi connectivity index (χ3n) is 7.31. The van der Waals surface area contributed by atoms with Crippen LogP contribution in [0.25, 0.3) is 33.4 Å². The SMILES string of the molecule is CCN(C)CCCc1ccc(Nc2ncc3cc(-c4ccc(-c5nccnc5C)cc4Cl)c(=O)n(CC)c3n2)cc1. The standard InChI is InChI=1S/C32H34ClN7O/c1-5-39(4)17-7-8-22-9-12-25(13-10-22)37-32-36-20-24-18-27(31(41)40(6-2)30(24)38-32)26-14-11-23(19-28(26)33)29-21(3)34-15-16-35-29/h9-16,18-20H,5-8,17H2,1-4H3,(H,36,37,38). The van der Waals surface area contributed by atoms with Crippen molar-refractivity contribution in [3.63, 3.8) is 0 Å². The molecule has 2 aromatic carbocycles. The number of hydrogen-bond donors (Lipinski definition) is 1. The van der Waals surface area contributed by atoms with E-state index in [1.54, 1.807) is 23.2 Å². The fourth-order valence-electron chi connectivity index (χ4n) is 4.87. The fraction of sp³-hybridized carbons (Fsp3) is 0.281. The van der Waals surface area contributed by atoms with Crippen molar-refractivity contribution >= 4 is 34.3 Å². The number of nitrogens with zero attached hydrogens (tertiary/aromatic N) is 6. The van der Waals surface area contributed by atoms with Gasteiger partial charge in [-0.25, -0.2) is 4.98 Å². The van der Waals surface area contributed by atoms with E-state index < -0.39 is 0 Å². The summed E-state index contributed by atoms with van der Waals surface area (Å²) in [4.78, 5) is 33.9. The van der Waals surface area contributed by atoms with Crippen LogP contribution in [0.4, 0.5) is 11.6 Å². The highest BCUT2D eigenvalue weighted by atomic mass is 35.5. The lowest BCUT2D eigenvalue weighted by molar-refractivity contribution is 0.347. The van der Waals surface area contributed by atoms with E-state index in [0.717, 1.165) is 54.0 Å². The summed E-state index contributed by atoms with van der Waals surface area (Å²) >= 11 is 6.72. The summed E-state index contributed by atoms with van der Waals surface area (Å²) in [6, 6.07) is 15.7. The van der Waals surface area contributed by atoms with E-state index in [4.69, 9.17) is 16.6 Å². The van der Waals surface area contributed by atoms with Crippen LogP contribution in [0.15, 0.2) is 71.9 Å². The minimum Gasteiger partial charge on any atom is -0.324 e. The summed E-state index contributed by atoms with van der Waals surface area (Å²) in [5.74, 6) is 0.436. The van der Waals surface area contributed by atoms with Crippen LogP contribution in [0.5, 0.6) is 0 Å². The van der Waals surface area contributed by atoms with Crippen molar-refractivity contribution in [2.45, 2.75) is 40.2 Å². The molecule has 3 aromatic heterocycles. The Kier molecular flexibility index (Phi) is 8.71. The summed E-state index contributed by atoms with van der Waals surface area (Å²) in [5.41, 5.74) is 6.16. The first-order chi connectivity index (χ1) is 19.9. The maximum Gasteiger partial charge on any atom is 0.260 e. The topological polar surface area (TPSA) is 88.8 Å². The third-order valence-corrected chi connectivity index (χ3v) is 7.63. The molecule has 210 valence electrons. The molecule has 0 amide bonds. The number of fused-ring (bicyclic) bond motifs is 1. The Hall–Kier alpha value is -4.14. The van der Waals surface area contributed by atoms with Gasteiger partial charge in [-0.2, -0.15) is 4.98 Å². The molecule has 0 fully saturated rings. The lowest BCUT2D eigenvalue weighted by atomic mass is 10.0. The largest absolute Gasteiger partial charge is 0.324 e. The first-order valence-corrected chi connectivity index (χ1v) is 14.3. The van der Waals surface area contributed by atoms with Gasteiger partial charge in [-0.05, 0) is 76.7 Å². The Bertz CT molecular complexity index is 1730. The molecule has 0 spiro atoms. The maximum absolute atomic E-state index is 13.6. The van der Waals surface area contributed by atoms with Crippen LogP contribution in [-0.4, -0.2) is 49.5 Å². The average Bonchev–Trinajstić information content (AvgIpc) is 2.98. The van der Waals surface area contributed by atoms with E-state index in [2.05, 4.69) is 51.3 Å². The van der Waals surface area contributed by atoms with E-state index >= 15 is 0 Å². The average molecular weight is 568 g/mol. The van der Waals surface area contributed by atoms with Gasteiger partial charge in [0.05, 0.1) is 11.4 Å². The van der Waals surface area contributed by atoms with Gasteiger partial charge >= 0.3 is 0 Å². The Morgan fingerprint density at radius 1 is 0.976 bits per heavy atom. The summed E-state index contributed by atoms with van der Waals surface area (Å²) < 4.78 is 1.66. The number of aromatic nitrogens is 5. The molecule has 0 saturated carbocycles. The summed E-state index contributed by atoms with van der Waals surface area (Å²) in [5, 5.41) is 4.50. The van der Waals surface area contributed by atoms with Crippen LogP contribution in [0.1, 0.15) is 31.5 Å². The van der Waals surface area contributed by atoms with Crippen LogP contribution in [0, 0.1) is 6.92 Å². The number of hydrogen-bond acceptors (Lipinski definition) is 7. The van der Waals surface area contributed by atoms with Crippen LogP contribution >= 0.6 is 11.6 Å². The first kappa shape index (κ1) is 28.4. The van der Waals surface area contributed by atoms with Crippen LogP contribution in [-0.2, 0) is 13.0 Å². The quantitative estimate of drug-likeness (QED) is 0.205. The van der Waals surface area contributed by atoms with Crippen molar-refractivity contribution < 1.29 is 0 Å². The van der Waals surface area contributed by atoms with E-state index in [1.165, 1.54) is 5.56 Å². The van der Waals surface area contributed by atoms with Crippen molar-refractivity contribution in [1.29, 1.82) is 0 Å². The molecule has 0 saturated heterocycles. The number of nitrogens with one attached hydrogen (secondary N) is 1. The predicted molar refractivity (Wildman–Crippen MR) is 167 cm³/mol. The number of benzene rings is 2. The summed E-state index contributed by atoms with van der Waals surface area (Å²) in [7, 11) is 2.14. The van der Waals surface area contributed by atoms with Crippen molar-refractivity contribution in [2.24, 2.45) is 0 Å². The maximum atomic E-state index is 13.6. The molecular formula is C32H34ClN7O. The van der Waals surface area contributed by atoms with Gasteiger partial charge in [-0.3, -0.25) is 19.3 Å². The van der Waals surface area contributed by atoms with Crippen LogP contribution in [0.2, 0.25) is 5.02 Å². The molecule has 0 bridgehead atoms. The highest BCUT2D eigenvalue weighted by molar-refractivity contribution is 6.33. The van der Waals surface area contributed by atoms with Crippen LogP contribution in [0.3, 0.4) is 0 Å². The Morgan fingerprint density at radius 3 is 2.46 bits per heavy atom. The van der Waals surface area contributed by atoms with Gasteiger partial charge in [0.2, 0.25) is 5.95 Å². The number of rotatable bonds is 10. The molecule has 0 aliphatic rings. The van der Waals surface area contributed by atoms with Crippen molar-refractivity contribution in [3.8, 4) is 22.4 Å². The zero-order chi connectivity index (χ0) is 28.9. The highest BCUT2D eigenvalue weighted by Crippen LogP contribution is 2.32. The fourth-order valence-corrected chi connectivity index (χ4v) is 5.15. The van der Waals surface area contributed by atoms with Crippen molar-refractivity contribution in [2.75, 3.05) is 25.5 Å². The van der Waals surface area contributed by atoms with Gasteiger partial charge < -0.3 is 10.2 Å². The lowest BCUT2D eigenvalue weighted by Gasteiger charge is -2.14. The molecule has 0 radical (unpaired) electrons. The van der Waals surface area contributed by atoms with Gasteiger partial charge in [0.1, 0.15) is 5.65 Å². The number of halogens is 1. The number of anilines is 2. The molecule has 0 aliphatic heterocycles. The monoisotopic (exact) mass is 567 g/mol. The lowest BCUT2D eigenvalue weighted by Crippen LogP contribution is -2.22. The number of aryl methyl sites for hydroxylation is 3. The molecule has 0 aliphatic carbocycles.